The second-order valence-corrected chi connectivity index (χ2v) is 8.74. The van der Waals surface area contributed by atoms with Gasteiger partial charge in [-0.25, -0.2) is 8.42 Å². The molecule has 2 heterocycles. The van der Waals surface area contributed by atoms with E-state index in [9.17, 15) is 8.42 Å². The lowest BCUT2D eigenvalue weighted by molar-refractivity contribution is 0.174. The van der Waals surface area contributed by atoms with Crippen molar-refractivity contribution < 1.29 is 8.42 Å². The second-order valence-electron chi connectivity index (χ2n) is 6.85. The van der Waals surface area contributed by atoms with E-state index in [1.165, 1.54) is 5.56 Å². The van der Waals surface area contributed by atoms with Gasteiger partial charge in [0, 0.05) is 31.7 Å². The van der Waals surface area contributed by atoms with Crippen LogP contribution in [0.3, 0.4) is 0 Å². The van der Waals surface area contributed by atoms with Crippen molar-refractivity contribution >= 4 is 10.0 Å². The number of nitrogens with zero attached hydrogens (tertiary/aromatic N) is 2. The van der Waals surface area contributed by atoms with Crippen LogP contribution in [0.25, 0.3) is 0 Å². The third-order valence-electron chi connectivity index (χ3n) is 5.16. The molecule has 2 aliphatic rings. The Morgan fingerprint density at radius 2 is 1.67 bits per heavy atom. The Bertz CT molecular complexity index is 818. The van der Waals surface area contributed by atoms with Gasteiger partial charge in [-0.3, -0.25) is 4.90 Å². The average molecular weight is 342 g/mol. The molecule has 2 bridgehead atoms. The van der Waals surface area contributed by atoms with Crippen LogP contribution in [0, 0.1) is 6.92 Å². The Labute approximate surface area is 143 Å². The summed E-state index contributed by atoms with van der Waals surface area (Å²) in [5.41, 5.74) is 2.36. The number of hydrogen-bond acceptors (Lipinski definition) is 3. The summed E-state index contributed by atoms with van der Waals surface area (Å²) in [5.74, 6) is 0. The molecule has 4 rings (SSSR count). The van der Waals surface area contributed by atoms with Gasteiger partial charge in [-0.05, 0) is 31.0 Å². The van der Waals surface area contributed by atoms with Gasteiger partial charge >= 0.3 is 0 Å². The van der Waals surface area contributed by atoms with Crippen molar-refractivity contribution in [3.05, 3.63) is 65.7 Å². The van der Waals surface area contributed by atoms with Gasteiger partial charge in [0.25, 0.3) is 0 Å². The van der Waals surface area contributed by atoms with Gasteiger partial charge in [-0.15, -0.1) is 0 Å². The van der Waals surface area contributed by atoms with Crippen LogP contribution in [0.1, 0.15) is 17.5 Å². The molecule has 0 unspecified atom stereocenters. The monoisotopic (exact) mass is 342 g/mol. The fraction of sp³-hybridized carbons (Fsp3) is 0.368. The van der Waals surface area contributed by atoms with Crippen LogP contribution in [0.2, 0.25) is 0 Å². The lowest BCUT2D eigenvalue weighted by atomic mass is 10.2. The molecule has 2 saturated heterocycles. The molecule has 24 heavy (non-hydrogen) atoms. The first kappa shape index (κ1) is 15.8. The van der Waals surface area contributed by atoms with E-state index in [-0.39, 0.29) is 6.04 Å². The molecule has 0 aliphatic carbocycles. The minimum Gasteiger partial charge on any atom is -0.293 e. The lowest BCUT2D eigenvalue weighted by Crippen LogP contribution is -2.48. The summed E-state index contributed by atoms with van der Waals surface area (Å²) in [6.07, 6.45) is 0.942. The highest BCUT2D eigenvalue weighted by Crippen LogP contribution is 2.35. The number of aryl methyl sites for hydroxylation is 1. The van der Waals surface area contributed by atoms with Crippen LogP contribution in [-0.4, -0.2) is 42.8 Å². The Hall–Kier alpha value is -1.69. The van der Waals surface area contributed by atoms with Gasteiger partial charge in [0.15, 0.2) is 0 Å². The molecule has 2 aliphatic heterocycles. The third kappa shape index (κ3) is 2.77. The smallest absolute Gasteiger partial charge is 0.243 e. The number of hydrogen-bond donors (Lipinski definition) is 0. The summed E-state index contributed by atoms with van der Waals surface area (Å²) in [6.45, 7) is 4.30. The Balaban J connectivity index is 1.49. The van der Waals surface area contributed by atoms with Crippen LogP contribution in [0.4, 0.5) is 0 Å². The van der Waals surface area contributed by atoms with E-state index < -0.39 is 10.0 Å². The zero-order valence-corrected chi connectivity index (χ0v) is 14.6. The van der Waals surface area contributed by atoms with E-state index in [1.807, 2.05) is 25.1 Å². The Kier molecular flexibility index (Phi) is 3.95. The summed E-state index contributed by atoms with van der Waals surface area (Å²) in [5, 5.41) is 0. The largest absolute Gasteiger partial charge is 0.293 e. The first-order valence-electron chi connectivity index (χ1n) is 8.40. The van der Waals surface area contributed by atoms with Gasteiger partial charge in [0.1, 0.15) is 0 Å². The highest BCUT2D eigenvalue weighted by molar-refractivity contribution is 7.89. The molecule has 126 valence electrons. The molecule has 0 N–H and O–H groups in total. The van der Waals surface area contributed by atoms with Gasteiger partial charge in [-0.1, -0.05) is 48.0 Å². The SMILES string of the molecule is Cc1ccc(S(=O)(=O)N2C[C@H]3C[C@@H]2CN3Cc2ccccc2)cc1. The quantitative estimate of drug-likeness (QED) is 0.858. The molecule has 0 radical (unpaired) electrons. The van der Waals surface area contributed by atoms with Crippen LogP contribution in [-0.2, 0) is 16.6 Å². The minimum atomic E-state index is -3.38. The summed E-state index contributed by atoms with van der Waals surface area (Å²) < 4.78 is 27.5. The van der Waals surface area contributed by atoms with Crippen molar-refractivity contribution in [2.24, 2.45) is 0 Å². The van der Waals surface area contributed by atoms with E-state index >= 15 is 0 Å². The summed E-state index contributed by atoms with van der Waals surface area (Å²) in [4.78, 5) is 2.83. The van der Waals surface area contributed by atoms with Crippen molar-refractivity contribution in [3.8, 4) is 0 Å². The first-order chi connectivity index (χ1) is 11.5. The number of piperazine rings is 1. The molecule has 5 heteroatoms. The molecule has 2 aromatic rings. The van der Waals surface area contributed by atoms with Gasteiger partial charge in [0.05, 0.1) is 4.90 Å². The molecule has 0 saturated carbocycles. The van der Waals surface area contributed by atoms with Crippen molar-refractivity contribution in [2.75, 3.05) is 13.1 Å². The standard InChI is InChI=1S/C19H22N2O2S/c1-15-7-9-19(10-8-15)24(22,23)21-14-17-11-18(21)13-20(17)12-16-5-3-2-4-6-16/h2-10,17-18H,11-14H2,1H3/t17-,18-/m1/s1. The number of benzene rings is 2. The van der Waals surface area contributed by atoms with E-state index in [0.717, 1.165) is 25.1 Å². The zero-order chi connectivity index (χ0) is 16.7. The van der Waals surface area contributed by atoms with E-state index in [1.54, 1.807) is 16.4 Å². The van der Waals surface area contributed by atoms with Gasteiger partial charge in [0.2, 0.25) is 10.0 Å². The van der Waals surface area contributed by atoms with Crippen LogP contribution >= 0.6 is 0 Å². The highest BCUT2D eigenvalue weighted by Gasteiger charge is 2.48. The number of sulfonamides is 1. The molecule has 4 nitrogen and oxygen atoms in total. The fourth-order valence-electron chi connectivity index (χ4n) is 3.86. The maximum absolute atomic E-state index is 12.9. The third-order valence-corrected chi connectivity index (χ3v) is 7.09. The Morgan fingerprint density at radius 3 is 2.29 bits per heavy atom. The molecule has 2 atom stereocenters. The van der Waals surface area contributed by atoms with E-state index in [0.29, 0.717) is 17.5 Å². The predicted molar refractivity (Wildman–Crippen MR) is 94.1 cm³/mol. The predicted octanol–water partition coefficient (Wildman–Crippen LogP) is 2.64. The fourth-order valence-corrected chi connectivity index (χ4v) is 5.53. The summed E-state index contributed by atoms with van der Waals surface area (Å²) in [7, 11) is -3.38. The first-order valence-corrected chi connectivity index (χ1v) is 9.84. The van der Waals surface area contributed by atoms with Crippen LogP contribution in [0.5, 0.6) is 0 Å². The minimum absolute atomic E-state index is 0.102. The van der Waals surface area contributed by atoms with Gasteiger partial charge in [-0.2, -0.15) is 4.31 Å². The second kappa shape index (κ2) is 5.99. The topological polar surface area (TPSA) is 40.6 Å². The maximum atomic E-state index is 12.9. The summed E-state index contributed by atoms with van der Waals surface area (Å²) >= 11 is 0. The average Bonchev–Trinajstić information content (AvgIpc) is 3.17. The van der Waals surface area contributed by atoms with Crippen LogP contribution in [0.15, 0.2) is 59.5 Å². The molecule has 0 spiro atoms. The molecule has 2 aromatic carbocycles. The van der Waals surface area contributed by atoms with E-state index in [4.69, 9.17) is 0 Å². The summed E-state index contributed by atoms with van der Waals surface area (Å²) in [6, 6.07) is 18.0. The molecular formula is C19H22N2O2S. The highest BCUT2D eigenvalue weighted by atomic mass is 32.2. The lowest BCUT2D eigenvalue weighted by Gasteiger charge is -2.33. The number of fused-ring (bicyclic) bond motifs is 2. The Morgan fingerprint density at radius 1 is 0.958 bits per heavy atom. The number of rotatable bonds is 4. The van der Waals surface area contributed by atoms with Crippen molar-refractivity contribution in [2.45, 2.75) is 36.9 Å². The molecule has 0 amide bonds. The van der Waals surface area contributed by atoms with Crippen molar-refractivity contribution in [3.63, 3.8) is 0 Å². The number of likely N-dealkylation sites (tertiary alicyclic amines) is 1. The zero-order valence-electron chi connectivity index (χ0n) is 13.8. The van der Waals surface area contributed by atoms with Crippen molar-refractivity contribution in [1.29, 1.82) is 0 Å². The van der Waals surface area contributed by atoms with E-state index in [2.05, 4.69) is 29.2 Å². The normalized spacial score (nSPS) is 24.5. The molecule has 2 fully saturated rings. The molecule has 0 aromatic heterocycles. The maximum Gasteiger partial charge on any atom is 0.243 e. The van der Waals surface area contributed by atoms with Crippen LogP contribution < -0.4 is 0 Å². The van der Waals surface area contributed by atoms with Crippen molar-refractivity contribution in [1.82, 2.24) is 9.21 Å². The van der Waals surface area contributed by atoms with Gasteiger partial charge < -0.3 is 0 Å². The molecular weight excluding hydrogens is 320 g/mol.